The summed E-state index contributed by atoms with van der Waals surface area (Å²) in [6.07, 6.45) is 3.39. The summed E-state index contributed by atoms with van der Waals surface area (Å²) in [5, 5.41) is 8.41. The van der Waals surface area contributed by atoms with E-state index in [-0.39, 0.29) is 18.8 Å². The summed E-state index contributed by atoms with van der Waals surface area (Å²) in [6.45, 7) is -0.537. The molecule has 0 heterocycles. The number of carboxylic acid groups (broad SMARTS) is 1. The molecule has 0 fully saturated rings. The van der Waals surface area contributed by atoms with E-state index in [1.54, 1.807) is 12.2 Å². The van der Waals surface area contributed by atoms with Crippen LogP contribution in [0.3, 0.4) is 0 Å². The number of hydrogen-bond acceptors (Lipinski definition) is 3. The molecule has 80 valence electrons. The molecule has 0 rings (SSSR count). The lowest BCUT2D eigenvalue weighted by Crippen LogP contribution is -2.29. The van der Waals surface area contributed by atoms with Gasteiger partial charge in [-0.2, -0.15) is 0 Å². The molecule has 0 aliphatic rings. The zero-order valence-corrected chi connectivity index (χ0v) is 7.69. The standard InChI is InChI=1S/C8H14FN3O2/c9-5-7(11)12-4-2-1-3-6(10)8(13)14/h1-2,6H,3-5,10H2,(H2,11,12)(H,13,14)/b2-1+. The number of alkyl halides is 1. The van der Waals surface area contributed by atoms with Crippen molar-refractivity contribution in [3.05, 3.63) is 12.2 Å². The number of aliphatic imine (C=N–C) groups is 1. The van der Waals surface area contributed by atoms with Crippen LogP contribution in [0.2, 0.25) is 0 Å². The normalized spacial score (nSPS) is 14.6. The van der Waals surface area contributed by atoms with Crippen molar-refractivity contribution in [1.29, 1.82) is 0 Å². The van der Waals surface area contributed by atoms with Gasteiger partial charge >= 0.3 is 5.97 Å². The van der Waals surface area contributed by atoms with Gasteiger partial charge in [0.1, 0.15) is 18.6 Å². The SMILES string of the molecule is NC(CF)=NC/C=C/CC(N)C(=O)O. The Kier molecular flexibility index (Phi) is 6.30. The van der Waals surface area contributed by atoms with E-state index in [2.05, 4.69) is 4.99 Å². The molecule has 5 N–H and O–H groups in total. The van der Waals surface area contributed by atoms with E-state index in [4.69, 9.17) is 16.6 Å². The molecule has 6 heteroatoms. The first kappa shape index (κ1) is 12.6. The molecule has 0 aliphatic carbocycles. The molecule has 0 aliphatic heterocycles. The third-order valence-electron chi connectivity index (χ3n) is 1.41. The van der Waals surface area contributed by atoms with Crippen molar-refractivity contribution in [3.63, 3.8) is 0 Å². The maximum Gasteiger partial charge on any atom is 0.320 e. The molecule has 0 amide bonds. The Morgan fingerprint density at radius 2 is 2.21 bits per heavy atom. The summed E-state index contributed by atoms with van der Waals surface area (Å²) >= 11 is 0. The van der Waals surface area contributed by atoms with Crippen molar-refractivity contribution in [2.24, 2.45) is 16.5 Å². The van der Waals surface area contributed by atoms with Crippen molar-refractivity contribution < 1.29 is 14.3 Å². The third-order valence-corrected chi connectivity index (χ3v) is 1.41. The minimum absolute atomic E-state index is 0.0721. The number of carbonyl (C=O) groups is 1. The lowest BCUT2D eigenvalue weighted by atomic mass is 10.2. The molecule has 5 nitrogen and oxygen atoms in total. The molecule has 1 unspecified atom stereocenters. The van der Waals surface area contributed by atoms with Gasteiger partial charge in [0.15, 0.2) is 0 Å². The van der Waals surface area contributed by atoms with Crippen LogP contribution in [0.1, 0.15) is 6.42 Å². The summed E-state index contributed by atoms with van der Waals surface area (Å²) in [7, 11) is 0. The highest BCUT2D eigenvalue weighted by molar-refractivity contribution is 5.81. The van der Waals surface area contributed by atoms with Gasteiger partial charge in [-0.3, -0.25) is 9.79 Å². The Hall–Kier alpha value is -1.43. The van der Waals surface area contributed by atoms with E-state index >= 15 is 0 Å². The van der Waals surface area contributed by atoms with Crippen molar-refractivity contribution >= 4 is 11.8 Å². The fraction of sp³-hybridized carbons (Fsp3) is 0.500. The molecule has 0 saturated carbocycles. The lowest BCUT2D eigenvalue weighted by Gasteiger charge is -1.99. The largest absolute Gasteiger partial charge is 0.480 e. The van der Waals surface area contributed by atoms with Crippen molar-refractivity contribution in [2.75, 3.05) is 13.2 Å². The van der Waals surface area contributed by atoms with E-state index in [1.807, 2.05) is 0 Å². The van der Waals surface area contributed by atoms with Crippen molar-refractivity contribution in [3.8, 4) is 0 Å². The summed E-state index contributed by atoms with van der Waals surface area (Å²) < 4.78 is 11.8. The zero-order valence-electron chi connectivity index (χ0n) is 7.69. The Morgan fingerprint density at radius 1 is 1.57 bits per heavy atom. The smallest absolute Gasteiger partial charge is 0.320 e. The second-order valence-corrected chi connectivity index (χ2v) is 2.62. The Labute approximate surface area is 81.3 Å². The van der Waals surface area contributed by atoms with Crippen LogP contribution in [0.4, 0.5) is 4.39 Å². The number of carboxylic acids is 1. The predicted octanol–water partition coefficient (Wildman–Crippen LogP) is -0.329. The Bertz CT molecular complexity index is 241. The zero-order chi connectivity index (χ0) is 11.0. The van der Waals surface area contributed by atoms with Crippen LogP contribution in [-0.4, -0.2) is 36.2 Å². The number of aliphatic carboxylic acids is 1. The number of halogens is 1. The van der Waals surface area contributed by atoms with Crippen LogP contribution in [0.25, 0.3) is 0 Å². The first-order valence-corrected chi connectivity index (χ1v) is 4.06. The van der Waals surface area contributed by atoms with Gasteiger partial charge in [-0.05, 0) is 6.42 Å². The maximum atomic E-state index is 11.8. The highest BCUT2D eigenvalue weighted by atomic mass is 19.1. The molecule has 0 saturated heterocycles. The lowest BCUT2D eigenvalue weighted by molar-refractivity contribution is -0.138. The number of rotatable bonds is 6. The fourth-order valence-corrected chi connectivity index (χ4v) is 0.630. The van der Waals surface area contributed by atoms with Gasteiger partial charge in [-0.15, -0.1) is 0 Å². The molecule has 0 radical (unpaired) electrons. The average Bonchev–Trinajstić information content (AvgIpc) is 2.16. The first-order valence-electron chi connectivity index (χ1n) is 4.06. The molecule has 0 aromatic carbocycles. The Morgan fingerprint density at radius 3 is 2.71 bits per heavy atom. The van der Waals surface area contributed by atoms with Gasteiger partial charge in [-0.25, -0.2) is 4.39 Å². The highest BCUT2D eigenvalue weighted by Crippen LogP contribution is 1.90. The van der Waals surface area contributed by atoms with Gasteiger partial charge in [0, 0.05) is 0 Å². The highest BCUT2D eigenvalue weighted by Gasteiger charge is 2.07. The summed E-state index contributed by atoms with van der Waals surface area (Å²) in [5.74, 6) is -1.13. The first-order chi connectivity index (χ1) is 6.57. The summed E-state index contributed by atoms with van der Waals surface area (Å²) in [5.41, 5.74) is 10.3. The van der Waals surface area contributed by atoms with Gasteiger partial charge in [-0.1, -0.05) is 12.2 Å². The van der Waals surface area contributed by atoms with Crippen molar-refractivity contribution in [2.45, 2.75) is 12.5 Å². The topological polar surface area (TPSA) is 102 Å². The molecule has 0 aromatic rings. The van der Waals surface area contributed by atoms with E-state index in [1.165, 1.54) is 0 Å². The van der Waals surface area contributed by atoms with E-state index in [0.717, 1.165) is 0 Å². The van der Waals surface area contributed by atoms with Crippen molar-refractivity contribution in [1.82, 2.24) is 0 Å². The second kappa shape index (κ2) is 7.02. The monoisotopic (exact) mass is 203 g/mol. The van der Waals surface area contributed by atoms with E-state index in [0.29, 0.717) is 0 Å². The van der Waals surface area contributed by atoms with E-state index in [9.17, 15) is 9.18 Å². The fourth-order valence-electron chi connectivity index (χ4n) is 0.630. The molecule has 1 atom stereocenters. The predicted molar refractivity (Wildman–Crippen MR) is 51.8 cm³/mol. The van der Waals surface area contributed by atoms with Crippen LogP contribution >= 0.6 is 0 Å². The quantitative estimate of drug-likeness (QED) is 0.312. The molecule has 0 aromatic heterocycles. The summed E-state index contributed by atoms with van der Waals surface area (Å²) in [6, 6.07) is -0.909. The average molecular weight is 203 g/mol. The van der Waals surface area contributed by atoms with Crippen LogP contribution in [0.15, 0.2) is 17.1 Å². The minimum Gasteiger partial charge on any atom is -0.480 e. The molecule has 14 heavy (non-hydrogen) atoms. The minimum atomic E-state index is -1.05. The molecule has 0 bridgehead atoms. The molecule has 0 spiro atoms. The van der Waals surface area contributed by atoms with E-state index < -0.39 is 18.7 Å². The number of nitrogens with two attached hydrogens (primary N) is 2. The molecular formula is C8H14FN3O2. The molecular weight excluding hydrogens is 189 g/mol. The third kappa shape index (κ3) is 6.13. The van der Waals surface area contributed by atoms with Gasteiger partial charge in [0.05, 0.1) is 6.54 Å². The van der Waals surface area contributed by atoms with Crippen LogP contribution in [0.5, 0.6) is 0 Å². The van der Waals surface area contributed by atoms with Gasteiger partial charge in [0.2, 0.25) is 0 Å². The number of amidine groups is 1. The van der Waals surface area contributed by atoms with Crippen LogP contribution < -0.4 is 11.5 Å². The van der Waals surface area contributed by atoms with Crippen LogP contribution in [-0.2, 0) is 4.79 Å². The van der Waals surface area contributed by atoms with Gasteiger partial charge in [0.25, 0.3) is 0 Å². The van der Waals surface area contributed by atoms with Crippen LogP contribution in [0, 0.1) is 0 Å². The number of hydrogen-bond donors (Lipinski definition) is 3. The second-order valence-electron chi connectivity index (χ2n) is 2.62. The Balaban J connectivity index is 3.70. The number of nitrogens with zero attached hydrogens (tertiary/aromatic N) is 1. The van der Waals surface area contributed by atoms with Gasteiger partial charge < -0.3 is 16.6 Å². The maximum absolute atomic E-state index is 11.8. The summed E-state index contributed by atoms with van der Waals surface area (Å²) in [4.78, 5) is 13.9.